The van der Waals surface area contributed by atoms with Crippen molar-refractivity contribution in [1.82, 2.24) is 24.5 Å². The molecule has 1 aliphatic heterocycles. The smallest absolute Gasteiger partial charge is 0.264 e. The summed E-state index contributed by atoms with van der Waals surface area (Å²) in [6.45, 7) is 4.73. The molecule has 0 bridgehead atoms. The highest BCUT2D eigenvalue weighted by molar-refractivity contribution is 7.20. The van der Waals surface area contributed by atoms with Crippen molar-refractivity contribution >= 4 is 39.1 Å². The van der Waals surface area contributed by atoms with Crippen LogP contribution in [0.2, 0.25) is 0 Å². The summed E-state index contributed by atoms with van der Waals surface area (Å²) >= 11 is 1.56. The maximum atomic E-state index is 13.1. The SMILES string of the molecule is Cc1cccc(-c2ccnc3nc(N4CCN(C(=O)c5cc6ccccc6s5)CC4)nn23)c1. The van der Waals surface area contributed by atoms with Gasteiger partial charge in [-0.1, -0.05) is 42.0 Å². The molecule has 6 rings (SSSR count). The molecular formula is C25H22N6OS. The Morgan fingerprint density at radius 1 is 0.970 bits per heavy atom. The maximum Gasteiger partial charge on any atom is 0.264 e. The van der Waals surface area contributed by atoms with Gasteiger partial charge in [0, 0.05) is 42.6 Å². The highest BCUT2D eigenvalue weighted by Gasteiger charge is 2.26. The molecule has 4 heterocycles. The van der Waals surface area contributed by atoms with Gasteiger partial charge in [-0.2, -0.15) is 9.50 Å². The normalized spacial score (nSPS) is 14.3. The zero-order chi connectivity index (χ0) is 22.4. The van der Waals surface area contributed by atoms with Crippen LogP contribution in [0, 0.1) is 6.92 Å². The summed E-state index contributed by atoms with van der Waals surface area (Å²) in [4.78, 5) is 27.0. The third kappa shape index (κ3) is 3.62. The minimum atomic E-state index is 0.0993. The van der Waals surface area contributed by atoms with Crippen LogP contribution in [0.4, 0.5) is 5.95 Å². The lowest BCUT2D eigenvalue weighted by Gasteiger charge is -2.33. The molecule has 0 atom stereocenters. The molecule has 164 valence electrons. The predicted octanol–water partition coefficient (Wildman–Crippen LogP) is 4.28. The van der Waals surface area contributed by atoms with E-state index in [0.717, 1.165) is 26.2 Å². The summed E-state index contributed by atoms with van der Waals surface area (Å²) in [6.07, 6.45) is 1.77. The van der Waals surface area contributed by atoms with Crippen LogP contribution < -0.4 is 4.90 Å². The molecule has 5 aromatic rings. The Morgan fingerprint density at radius 3 is 2.64 bits per heavy atom. The molecule has 8 heteroatoms. The lowest BCUT2D eigenvalue weighted by molar-refractivity contribution is 0.0751. The summed E-state index contributed by atoms with van der Waals surface area (Å²) in [7, 11) is 0. The lowest BCUT2D eigenvalue weighted by atomic mass is 10.1. The molecule has 0 spiro atoms. The molecule has 0 radical (unpaired) electrons. The number of aromatic nitrogens is 4. The molecule has 2 aromatic carbocycles. The summed E-state index contributed by atoms with van der Waals surface area (Å²) < 4.78 is 2.95. The zero-order valence-corrected chi connectivity index (χ0v) is 19.0. The predicted molar refractivity (Wildman–Crippen MR) is 131 cm³/mol. The van der Waals surface area contributed by atoms with Gasteiger partial charge in [0.1, 0.15) is 0 Å². The first-order valence-corrected chi connectivity index (χ1v) is 11.8. The van der Waals surface area contributed by atoms with E-state index < -0.39 is 0 Å². The third-order valence-corrected chi connectivity index (χ3v) is 7.13. The lowest BCUT2D eigenvalue weighted by Crippen LogP contribution is -2.49. The van der Waals surface area contributed by atoms with Crippen molar-refractivity contribution in [2.75, 3.05) is 31.1 Å². The maximum absolute atomic E-state index is 13.1. The van der Waals surface area contributed by atoms with Gasteiger partial charge < -0.3 is 9.80 Å². The highest BCUT2D eigenvalue weighted by Crippen LogP contribution is 2.27. The van der Waals surface area contributed by atoms with E-state index in [1.54, 1.807) is 22.0 Å². The fourth-order valence-corrected chi connectivity index (χ4v) is 5.32. The number of benzene rings is 2. The number of rotatable bonds is 3. The topological polar surface area (TPSA) is 66.6 Å². The zero-order valence-electron chi connectivity index (χ0n) is 18.2. The van der Waals surface area contributed by atoms with Crippen LogP contribution >= 0.6 is 11.3 Å². The van der Waals surface area contributed by atoms with Gasteiger partial charge in [-0.15, -0.1) is 16.4 Å². The molecule has 1 saturated heterocycles. The minimum absolute atomic E-state index is 0.0993. The molecule has 1 aliphatic rings. The summed E-state index contributed by atoms with van der Waals surface area (Å²) in [5.74, 6) is 1.33. The molecule has 33 heavy (non-hydrogen) atoms. The number of hydrogen-bond donors (Lipinski definition) is 0. The van der Waals surface area contributed by atoms with Crippen molar-refractivity contribution in [1.29, 1.82) is 0 Å². The highest BCUT2D eigenvalue weighted by atomic mass is 32.1. The Kier molecular flexibility index (Phi) is 4.80. The van der Waals surface area contributed by atoms with Gasteiger partial charge >= 0.3 is 0 Å². The van der Waals surface area contributed by atoms with Crippen molar-refractivity contribution in [2.45, 2.75) is 6.92 Å². The Balaban J connectivity index is 1.21. The number of hydrogen-bond acceptors (Lipinski definition) is 6. The molecule has 1 amide bonds. The van der Waals surface area contributed by atoms with Gasteiger partial charge in [-0.3, -0.25) is 4.79 Å². The van der Waals surface area contributed by atoms with E-state index in [1.807, 2.05) is 35.2 Å². The average molecular weight is 455 g/mol. The van der Waals surface area contributed by atoms with Crippen molar-refractivity contribution < 1.29 is 4.79 Å². The van der Waals surface area contributed by atoms with Crippen LogP contribution in [-0.4, -0.2) is 56.6 Å². The van der Waals surface area contributed by atoms with E-state index >= 15 is 0 Å². The van der Waals surface area contributed by atoms with Crippen molar-refractivity contribution in [3.05, 3.63) is 77.3 Å². The van der Waals surface area contributed by atoms with E-state index in [1.165, 1.54) is 5.56 Å². The van der Waals surface area contributed by atoms with Gasteiger partial charge in [0.2, 0.25) is 5.95 Å². The number of piperazine rings is 1. The second-order valence-electron chi connectivity index (χ2n) is 8.25. The van der Waals surface area contributed by atoms with Crippen molar-refractivity contribution in [2.24, 2.45) is 0 Å². The molecule has 0 aliphatic carbocycles. The van der Waals surface area contributed by atoms with Crippen molar-refractivity contribution in [3.8, 4) is 11.3 Å². The van der Waals surface area contributed by atoms with Crippen LogP contribution in [0.3, 0.4) is 0 Å². The molecule has 0 N–H and O–H groups in total. The number of amides is 1. The Labute approximate surface area is 194 Å². The number of fused-ring (bicyclic) bond motifs is 2. The third-order valence-electron chi connectivity index (χ3n) is 6.03. The summed E-state index contributed by atoms with van der Waals surface area (Å²) in [6, 6.07) is 20.4. The average Bonchev–Trinajstić information content (AvgIpc) is 3.48. The largest absolute Gasteiger partial charge is 0.336 e. The van der Waals surface area contributed by atoms with Crippen LogP contribution in [0.5, 0.6) is 0 Å². The fourth-order valence-electron chi connectivity index (χ4n) is 4.29. The monoisotopic (exact) mass is 454 g/mol. The molecule has 7 nitrogen and oxygen atoms in total. The van der Waals surface area contributed by atoms with E-state index in [9.17, 15) is 4.79 Å². The minimum Gasteiger partial charge on any atom is -0.336 e. The molecule has 0 unspecified atom stereocenters. The van der Waals surface area contributed by atoms with E-state index in [-0.39, 0.29) is 5.91 Å². The first-order valence-electron chi connectivity index (χ1n) is 11.0. The number of carbonyl (C=O) groups excluding carboxylic acids is 1. The first kappa shape index (κ1) is 19.9. The Bertz CT molecular complexity index is 1450. The Hall–Kier alpha value is -3.78. The number of nitrogens with zero attached hydrogens (tertiary/aromatic N) is 6. The second-order valence-corrected chi connectivity index (χ2v) is 9.33. The van der Waals surface area contributed by atoms with E-state index in [2.05, 4.69) is 52.1 Å². The molecule has 3 aromatic heterocycles. The number of carbonyl (C=O) groups is 1. The fraction of sp³-hybridized carbons (Fsp3) is 0.200. The van der Waals surface area contributed by atoms with Crippen LogP contribution in [0.1, 0.15) is 15.2 Å². The van der Waals surface area contributed by atoms with Crippen LogP contribution in [0.25, 0.3) is 27.1 Å². The number of aryl methyl sites for hydroxylation is 1. The number of thiophene rings is 1. The van der Waals surface area contributed by atoms with Gasteiger partial charge in [0.15, 0.2) is 0 Å². The quantitative estimate of drug-likeness (QED) is 0.407. The molecule has 0 saturated carbocycles. The second kappa shape index (κ2) is 7.97. The van der Waals surface area contributed by atoms with Gasteiger partial charge in [-0.05, 0) is 36.6 Å². The van der Waals surface area contributed by atoms with Crippen molar-refractivity contribution in [3.63, 3.8) is 0 Å². The molecule has 1 fully saturated rings. The summed E-state index contributed by atoms with van der Waals surface area (Å²) in [5.41, 5.74) is 3.23. The van der Waals surface area contributed by atoms with E-state index in [4.69, 9.17) is 5.10 Å². The standard InChI is InChI=1S/C25H22N6OS/c1-17-5-4-7-18(15-17)20-9-10-26-24-27-25(28-31(20)24)30-13-11-29(12-14-30)23(32)22-16-19-6-2-3-8-21(19)33-22/h2-10,15-16H,11-14H2,1H3. The summed E-state index contributed by atoms with van der Waals surface area (Å²) in [5, 5.41) is 5.89. The first-order chi connectivity index (χ1) is 16.2. The Morgan fingerprint density at radius 2 is 1.82 bits per heavy atom. The van der Waals surface area contributed by atoms with Crippen LogP contribution in [0.15, 0.2) is 66.9 Å². The van der Waals surface area contributed by atoms with Gasteiger partial charge in [-0.25, -0.2) is 4.98 Å². The molecular weight excluding hydrogens is 432 g/mol. The van der Waals surface area contributed by atoms with Gasteiger partial charge in [0.05, 0.1) is 10.6 Å². The van der Waals surface area contributed by atoms with Gasteiger partial charge in [0.25, 0.3) is 11.7 Å². The van der Waals surface area contributed by atoms with Crippen LogP contribution in [-0.2, 0) is 0 Å². The van der Waals surface area contributed by atoms with E-state index in [0.29, 0.717) is 37.9 Å². The number of anilines is 1.